The van der Waals surface area contributed by atoms with Crippen molar-refractivity contribution in [2.45, 2.75) is 43.1 Å². The Morgan fingerprint density at radius 3 is 2.72 bits per heavy atom. The lowest BCUT2D eigenvalue weighted by Gasteiger charge is -2.28. The fraction of sp³-hybridized carbons (Fsp3) is 0.667. The van der Waals surface area contributed by atoms with Gasteiger partial charge in [-0.25, -0.2) is 4.79 Å². The quantitative estimate of drug-likeness (QED) is 0.468. The lowest BCUT2D eigenvalue weighted by molar-refractivity contribution is -0.147. The van der Waals surface area contributed by atoms with E-state index in [0.717, 1.165) is 0 Å². The molecule has 10 heteroatoms. The Balaban J connectivity index is 2.85. The van der Waals surface area contributed by atoms with Crippen molar-refractivity contribution < 1.29 is 18.5 Å². The smallest absolute Gasteiger partial charge is 0.331 e. The zero-order valence-electron chi connectivity index (χ0n) is 14.5. The molecule has 142 valence electrons. The first-order valence-corrected chi connectivity index (χ1v) is 10.3. The Morgan fingerprint density at radius 2 is 2.16 bits per heavy atom. The first-order valence-electron chi connectivity index (χ1n) is 7.70. The summed E-state index contributed by atoms with van der Waals surface area (Å²) in [7, 11) is 0.348. The average molecular weight is 412 g/mol. The van der Waals surface area contributed by atoms with Gasteiger partial charge >= 0.3 is 5.97 Å². The van der Waals surface area contributed by atoms with Gasteiger partial charge < -0.3 is 10.1 Å². The molecule has 1 N–H and O–H groups in total. The number of hydrogen-bond donors (Lipinski definition) is 1. The van der Waals surface area contributed by atoms with Crippen LogP contribution >= 0.6 is 23.2 Å². The van der Waals surface area contributed by atoms with Gasteiger partial charge in [-0.2, -0.15) is 5.10 Å². The van der Waals surface area contributed by atoms with Crippen molar-refractivity contribution >= 4 is 45.9 Å². The molecule has 7 nitrogen and oxygen atoms in total. The normalized spacial score (nSPS) is 14.8. The van der Waals surface area contributed by atoms with Crippen molar-refractivity contribution in [3.8, 4) is 0 Å². The number of nitrogens with one attached hydrogen (secondary N) is 1. The maximum atomic E-state index is 12.6. The number of esters is 1. The number of aryl methyl sites for hydroxylation is 1. The summed E-state index contributed by atoms with van der Waals surface area (Å²) in [6.07, 6.45) is 4.29. The molecule has 0 saturated heterocycles. The highest BCUT2D eigenvalue weighted by atomic mass is 35.5. The Kier molecular flexibility index (Phi) is 8.88. The molecule has 1 rings (SSSR count). The third kappa shape index (κ3) is 6.95. The van der Waals surface area contributed by atoms with E-state index < -0.39 is 33.1 Å². The fourth-order valence-corrected chi connectivity index (χ4v) is 3.03. The van der Waals surface area contributed by atoms with Crippen LogP contribution in [0, 0.1) is 0 Å². The highest BCUT2D eigenvalue weighted by molar-refractivity contribution is 7.84. The Hall–Kier alpha value is -1.12. The third-order valence-corrected chi connectivity index (χ3v) is 4.94. The molecule has 1 heterocycles. The van der Waals surface area contributed by atoms with E-state index >= 15 is 0 Å². The minimum Gasteiger partial charge on any atom is -0.467 e. The van der Waals surface area contributed by atoms with Crippen LogP contribution in [0.15, 0.2) is 12.3 Å². The largest absolute Gasteiger partial charge is 0.467 e. The van der Waals surface area contributed by atoms with Crippen molar-refractivity contribution in [3.63, 3.8) is 0 Å². The second-order valence-corrected chi connectivity index (χ2v) is 8.61. The molecular weight excluding hydrogens is 389 g/mol. The van der Waals surface area contributed by atoms with Crippen LogP contribution < -0.4 is 5.32 Å². The van der Waals surface area contributed by atoms with Gasteiger partial charge in [0.15, 0.2) is 0 Å². The van der Waals surface area contributed by atoms with E-state index in [0.29, 0.717) is 30.8 Å². The highest BCUT2D eigenvalue weighted by Gasteiger charge is 2.37. The van der Waals surface area contributed by atoms with Gasteiger partial charge in [-0.15, -0.1) is 23.2 Å². The predicted molar refractivity (Wildman–Crippen MR) is 98.4 cm³/mol. The molecule has 25 heavy (non-hydrogen) atoms. The van der Waals surface area contributed by atoms with Crippen LogP contribution in [0.4, 0.5) is 0 Å². The van der Waals surface area contributed by atoms with E-state index in [1.165, 1.54) is 18.0 Å². The predicted octanol–water partition coefficient (Wildman–Crippen LogP) is 1.90. The molecule has 0 radical (unpaired) electrons. The standard InChI is InChI=1S/C15H23Cl2N3O4S/c1-15(14(22)24-2,7-5-12(16)17)19-13(21)11-6-8-18-20(11)9-4-10-25(3)23/h6,8,12H,4-5,7,9-10H2,1-3H3,(H,19,21)/t15-,25?/m0/s1. The van der Waals surface area contributed by atoms with Crippen LogP contribution in [0.2, 0.25) is 0 Å². The number of amides is 1. The fourth-order valence-electron chi connectivity index (χ4n) is 2.27. The SMILES string of the molecule is COC(=O)[C@](C)(CCC(Cl)Cl)NC(=O)c1ccnn1CCCS(C)=O. The summed E-state index contributed by atoms with van der Waals surface area (Å²) in [5, 5.41) is 6.79. The average Bonchev–Trinajstić information content (AvgIpc) is 3.00. The van der Waals surface area contributed by atoms with Gasteiger partial charge in [0.1, 0.15) is 16.1 Å². The van der Waals surface area contributed by atoms with Crippen LogP contribution in [-0.2, 0) is 26.9 Å². The van der Waals surface area contributed by atoms with Gasteiger partial charge in [0.05, 0.1) is 7.11 Å². The number of alkyl halides is 2. The number of carbonyl (C=O) groups excluding carboxylic acids is 2. The van der Waals surface area contributed by atoms with Crippen molar-refractivity contribution in [2.75, 3.05) is 19.1 Å². The van der Waals surface area contributed by atoms with Crippen LogP contribution in [0.1, 0.15) is 36.7 Å². The topological polar surface area (TPSA) is 90.3 Å². The first kappa shape index (κ1) is 21.9. The number of ether oxygens (including phenoxy) is 1. The summed E-state index contributed by atoms with van der Waals surface area (Å²) in [5.74, 6) is -0.515. The summed E-state index contributed by atoms with van der Waals surface area (Å²) in [4.78, 5) is 24.1. The molecule has 0 saturated carbocycles. The maximum Gasteiger partial charge on any atom is 0.331 e. The zero-order chi connectivity index (χ0) is 19.0. The minimum absolute atomic E-state index is 0.228. The van der Waals surface area contributed by atoms with E-state index in [-0.39, 0.29) is 6.42 Å². The minimum atomic E-state index is -1.26. The maximum absolute atomic E-state index is 12.6. The molecule has 0 aliphatic heterocycles. The number of halogens is 2. The molecule has 0 bridgehead atoms. The molecular formula is C15H23Cl2N3O4S. The van der Waals surface area contributed by atoms with Crippen LogP contribution in [-0.4, -0.2) is 55.4 Å². The Morgan fingerprint density at radius 1 is 1.48 bits per heavy atom. The van der Waals surface area contributed by atoms with E-state index in [1.807, 2.05) is 0 Å². The summed E-state index contributed by atoms with van der Waals surface area (Å²) < 4.78 is 17.5. The number of aromatic nitrogens is 2. The van der Waals surface area contributed by atoms with Gasteiger partial charge in [0.25, 0.3) is 5.91 Å². The number of rotatable bonds is 10. The summed E-state index contributed by atoms with van der Waals surface area (Å²) in [5.41, 5.74) is -0.946. The second-order valence-electron chi connectivity index (χ2n) is 5.78. The van der Waals surface area contributed by atoms with Crippen LogP contribution in [0.5, 0.6) is 0 Å². The van der Waals surface area contributed by atoms with Gasteiger partial charge in [-0.1, -0.05) is 0 Å². The third-order valence-electron chi connectivity index (χ3n) is 3.64. The number of hydrogen-bond acceptors (Lipinski definition) is 5. The zero-order valence-corrected chi connectivity index (χ0v) is 16.8. The van der Waals surface area contributed by atoms with Crippen LogP contribution in [0.25, 0.3) is 0 Å². The molecule has 0 aromatic carbocycles. The number of carbonyl (C=O) groups is 2. The summed E-state index contributed by atoms with van der Waals surface area (Å²) in [6, 6.07) is 1.56. The van der Waals surface area contributed by atoms with E-state index in [1.54, 1.807) is 19.2 Å². The number of methoxy groups -OCH3 is 1. The molecule has 1 unspecified atom stereocenters. The second kappa shape index (κ2) is 10.1. The van der Waals surface area contributed by atoms with Crippen molar-refractivity contribution in [2.24, 2.45) is 0 Å². The molecule has 2 atom stereocenters. The molecule has 0 spiro atoms. The molecule has 0 aliphatic rings. The highest BCUT2D eigenvalue weighted by Crippen LogP contribution is 2.20. The summed E-state index contributed by atoms with van der Waals surface area (Å²) in [6.45, 7) is 2.02. The van der Waals surface area contributed by atoms with E-state index in [4.69, 9.17) is 27.9 Å². The monoisotopic (exact) mass is 411 g/mol. The lowest BCUT2D eigenvalue weighted by Crippen LogP contribution is -2.53. The van der Waals surface area contributed by atoms with Crippen molar-refractivity contribution in [1.82, 2.24) is 15.1 Å². The molecule has 0 aliphatic carbocycles. The van der Waals surface area contributed by atoms with Gasteiger partial charge in [0.2, 0.25) is 0 Å². The van der Waals surface area contributed by atoms with Gasteiger partial charge in [0, 0.05) is 35.5 Å². The van der Waals surface area contributed by atoms with Gasteiger partial charge in [-0.3, -0.25) is 13.7 Å². The Labute approximate surface area is 159 Å². The van der Waals surface area contributed by atoms with Crippen LogP contribution in [0.3, 0.4) is 0 Å². The molecule has 1 aromatic rings. The first-order chi connectivity index (χ1) is 11.7. The summed E-state index contributed by atoms with van der Waals surface area (Å²) >= 11 is 11.5. The molecule has 0 fully saturated rings. The van der Waals surface area contributed by atoms with Crippen molar-refractivity contribution in [3.05, 3.63) is 18.0 Å². The molecule has 1 aromatic heterocycles. The number of nitrogens with zero attached hydrogens (tertiary/aromatic N) is 2. The lowest BCUT2D eigenvalue weighted by atomic mass is 9.96. The van der Waals surface area contributed by atoms with E-state index in [2.05, 4.69) is 10.4 Å². The van der Waals surface area contributed by atoms with Gasteiger partial charge in [-0.05, 0) is 32.3 Å². The van der Waals surface area contributed by atoms with Crippen molar-refractivity contribution in [1.29, 1.82) is 0 Å². The Bertz CT molecular complexity index is 624. The molecule has 1 amide bonds. The van der Waals surface area contributed by atoms with E-state index in [9.17, 15) is 13.8 Å².